The van der Waals surface area contributed by atoms with E-state index in [1.807, 2.05) is 53.4 Å². The molecular formula is C17H17NO2. The molecule has 1 amide bonds. The quantitative estimate of drug-likeness (QED) is 0.855. The van der Waals surface area contributed by atoms with E-state index in [1.165, 1.54) is 5.56 Å². The summed E-state index contributed by atoms with van der Waals surface area (Å²) in [6.07, 6.45) is 2.05. The summed E-state index contributed by atoms with van der Waals surface area (Å²) in [7, 11) is 0. The first-order chi connectivity index (χ1) is 9.84. The molecule has 0 bridgehead atoms. The van der Waals surface area contributed by atoms with Crippen molar-refractivity contribution < 1.29 is 9.53 Å². The Morgan fingerprint density at radius 3 is 2.65 bits per heavy atom. The van der Waals surface area contributed by atoms with Gasteiger partial charge in [0, 0.05) is 12.2 Å². The normalized spacial score (nSPS) is 13.7. The molecule has 0 saturated carbocycles. The zero-order valence-electron chi connectivity index (χ0n) is 11.3. The SMILES string of the molecule is O=C(COc1ccccc1)N1CCCc2ccccc21. The maximum absolute atomic E-state index is 12.3. The minimum Gasteiger partial charge on any atom is -0.484 e. The highest BCUT2D eigenvalue weighted by Gasteiger charge is 2.22. The van der Waals surface area contributed by atoms with Gasteiger partial charge in [0.15, 0.2) is 6.61 Å². The van der Waals surface area contributed by atoms with Crippen LogP contribution in [0.15, 0.2) is 54.6 Å². The van der Waals surface area contributed by atoms with Crippen molar-refractivity contribution in [2.45, 2.75) is 12.8 Å². The molecule has 0 unspecified atom stereocenters. The van der Waals surface area contributed by atoms with Gasteiger partial charge in [-0.3, -0.25) is 4.79 Å². The lowest BCUT2D eigenvalue weighted by molar-refractivity contribution is -0.120. The number of anilines is 1. The number of aryl methyl sites for hydroxylation is 1. The summed E-state index contributed by atoms with van der Waals surface area (Å²) in [6.45, 7) is 0.854. The molecule has 0 saturated heterocycles. The van der Waals surface area contributed by atoms with Crippen LogP contribution in [-0.2, 0) is 11.2 Å². The number of ether oxygens (including phenoxy) is 1. The number of amides is 1. The minimum absolute atomic E-state index is 0.0148. The first-order valence-electron chi connectivity index (χ1n) is 6.91. The van der Waals surface area contributed by atoms with E-state index in [2.05, 4.69) is 6.07 Å². The van der Waals surface area contributed by atoms with Gasteiger partial charge < -0.3 is 9.64 Å². The molecule has 3 nitrogen and oxygen atoms in total. The molecule has 2 aromatic carbocycles. The largest absolute Gasteiger partial charge is 0.484 e. The Morgan fingerprint density at radius 2 is 1.80 bits per heavy atom. The third kappa shape index (κ3) is 2.67. The molecule has 0 N–H and O–H groups in total. The molecule has 3 rings (SSSR count). The monoisotopic (exact) mass is 267 g/mol. The van der Waals surface area contributed by atoms with Crippen LogP contribution in [0.25, 0.3) is 0 Å². The van der Waals surface area contributed by atoms with Crippen molar-refractivity contribution in [3.63, 3.8) is 0 Å². The van der Waals surface area contributed by atoms with Crippen LogP contribution < -0.4 is 9.64 Å². The average Bonchev–Trinajstić information content (AvgIpc) is 2.53. The van der Waals surface area contributed by atoms with Gasteiger partial charge in [0.2, 0.25) is 0 Å². The average molecular weight is 267 g/mol. The Hall–Kier alpha value is -2.29. The van der Waals surface area contributed by atoms with E-state index in [1.54, 1.807) is 0 Å². The van der Waals surface area contributed by atoms with Crippen LogP contribution in [0.2, 0.25) is 0 Å². The van der Waals surface area contributed by atoms with Crippen LogP contribution in [0, 0.1) is 0 Å². The molecule has 0 radical (unpaired) electrons. The highest BCUT2D eigenvalue weighted by Crippen LogP contribution is 2.26. The van der Waals surface area contributed by atoms with E-state index < -0.39 is 0 Å². The van der Waals surface area contributed by atoms with Crippen molar-refractivity contribution in [2.75, 3.05) is 18.1 Å². The Labute approximate surface area is 118 Å². The van der Waals surface area contributed by atoms with E-state index in [-0.39, 0.29) is 12.5 Å². The zero-order valence-corrected chi connectivity index (χ0v) is 11.3. The second-order valence-corrected chi connectivity index (χ2v) is 4.88. The second-order valence-electron chi connectivity index (χ2n) is 4.88. The van der Waals surface area contributed by atoms with E-state index in [4.69, 9.17) is 4.74 Å². The molecule has 1 heterocycles. The number of rotatable bonds is 3. The Balaban J connectivity index is 1.69. The van der Waals surface area contributed by atoms with Gasteiger partial charge >= 0.3 is 0 Å². The Bertz CT molecular complexity index is 595. The fourth-order valence-electron chi connectivity index (χ4n) is 2.53. The van der Waals surface area contributed by atoms with Crippen LogP contribution in [0.3, 0.4) is 0 Å². The van der Waals surface area contributed by atoms with Crippen molar-refractivity contribution in [1.82, 2.24) is 0 Å². The summed E-state index contributed by atoms with van der Waals surface area (Å²) in [5, 5.41) is 0. The van der Waals surface area contributed by atoms with Crippen LogP contribution in [0.1, 0.15) is 12.0 Å². The summed E-state index contributed by atoms with van der Waals surface area (Å²) in [4.78, 5) is 14.2. The highest BCUT2D eigenvalue weighted by molar-refractivity contribution is 5.95. The summed E-state index contributed by atoms with van der Waals surface area (Å²) in [6, 6.07) is 17.5. The standard InChI is InChI=1S/C17H17NO2/c19-17(13-20-15-9-2-1-3-10-15)18-12-6-8-14-7-4-5-11-16(14)18/h1-5,7,9-11H,6,8,12-13H2. The molecule has 102 valence electrons. The topological polar surface area (TPSA) is 29.5 Å². The lowest BCUT2D eigenvalue weighted by Gasteiger charge is -2.29. The summed E-state index contributed by atoms with van der Waals surface area (Å²) in [5.41, 5.74) is 2.27. The van der Waals surface area contributed by atoms with Crippen molar-refractivity contribution >= 4 is 11.6 Å². The summed E-state index contributed by atoms with van der Waals surface area (Å²) < 4.78 is 5.54. The van der Waals surface area contributed by atoms with Crippen molar-refractivity contribution in [2.24, 2.45) is 0 Å². The Morgan fingerprint density at radius 1 is 1.05 bits per heavy atom. The van der Waals surface area contributed by atoms with E-state index in [0.717, 1.165) is 30.8 Å². The fraction of sp³-hybridized carbons (Fsp3) is 0.235. The maximum Gasteiger partial charge on any atom is 0.264 e. The first kappa shape index (κ1) is 12.7. The van der Waals surface area contributed by atoms with Gasteiger partial charge in [0.25, 0.3) is 5.91 Å². The fourth-order valence-corrected chi connectivity index (χ4v) is 2.53. The predicted octanol–water partition coefficient (Wildman–Crippen LogP) is 3.04. The van der Waals surface area contributed by atoms with E-state index in [9.17, 15) is 4.79 Å². The Kier molecular flexibility index (Phi) is 3.68. The lowest BCUT2D eigenvalue weighted by Crippen LogP contribution is -2.38. The van der Waals surface area contributed by atoms with Gasteiger partial charge in [-0.2, -0.15) is 0 Å². The number of para-hydroxylation sites is 2. The molecule has 3 heteroatoms. The molecule has 1 aliphatic rings. The number of carbonyl (C=O) groups is 1. The molecule has 2 aromatic rings. The molecule has 0 fully saturated rings. The number of benzene rings is 2. The minimum atomic E-state index is 0.0148. The van der Waals surface area contributed by atoms with Gasteiger partial charge in [-0.05, 0) is 36.6 Å². The van der Waals surface area contributed by atoms with Crippen molar-refractivity contribution in [3.05, 3.63) is 60.2 Å². The van der Waals surface area contributed by atoms with Crippen LogP contribution >= 0.6 is 0 Å². The molecule has 20 heavy (non-hydrogen) atoms. The smallest absolute Gasteiger partial charge is 0.264 e. The van der Waals surface area contributed by atoms with Gasteiger partial charge in [0.05, 0.1) is 0 Å². The van der Waals surface area contributed by atoms with Crippen LogP contribution in [-0.4, -0.2) is 19.1 Å². The highest BCUT2D eigenvalue weighted by atomic mass is 16.5. The molecule has 0 aromatic heterocycles. The number of hydrogen-bond acceptors (Lipinski definition) is 2. The van der Waals surface area contributed by atoms with E-state index >= 15 is 0 Å². The van der Waals surface area contributed by atoms with E-state index in [0.29, 0.717) is 0 Å². The third-order valence-corrected chi connectivity index (χ3v) is 3.52. The van der Waals surface area contributed by atoms with Crippen molar-refractivity contribution in [3.8, 4) is 5.75 Å². The van der Waals surface area contributed by atoms with Gasteiger partial charge in [-0.15, -0.1) is 0 Å². The van der Waals surface area contributed by atoms with Gasteiger partial charge in [-0.25, -0.2) is 0 Å². The van der Waals surface area contributed by atoms with Crippen LogP contribution in [0.4, 0.5) is 5.69 Å². The van der Waals surface area contributed by atoms with Crippen LogP contribution in [0.5, 0.6) is 5.75 Å². The van der Waals surface area contributed by atoms with Gasteiger partial charge in [0.1, 0.15) is 5.75 Å². The third-order valence-electron chi connectivity index (χ3n) is 3.52. The molecular weight excluding hydrogens is 250 g/mol. The summed E-state index contributed by atoms with van der Waals surface area (Å²) >= 11 is 0. The first-order valence-corrected chi connectivity index (χ1v) is 6.91. The van der Waals surface area contributed by atoms with Gasteiger partial charge in [-0.1, -0.05) is 36.4 Å². The maximum atomic E-state index is 12.3. The lowest BCUT2D eigenvalue weighted by atomic mass is 10.0. The second kappa shape index (κ2) is 5.78. The number of carbonyl (C=O) groups excluding carboxylic acids is 1. The molecule has 0 spiro atoms. The zero-order chi connectivity index (χ0) is 13.8. The number of fused-ring (bicyclic) bond motifs is 1. The molecule has 0 aliphatic carbocycles. The predicted molar refractivity (Wildman–Crippen MR) is 79.1 cm³/mol. The number of nitrogens with zero attached hydrogens (tertiary/aromatic N) is 1. The number of hydrogen-bond donors (Lipinski definition) is 0. The molecule has 0 atom stereocenters. The molecule has 1 aliphatic heterocycles. The van der Waals surface area contributed by atoms with Crippen molar-refractivity contribution in [1.29, 1.82) is 0 Å². The summed E-state index contributed by atoms with van der Waals surface area (Å²) in [5.74, 6) is 0.743.